The van der Waals surface area contributed by atoms with Gasteiger partial charge in [-0.3, -0.25) is 4.79 Å². The lowest BCUT2D eigenvalue weighted by atomic mass is 10.1. The van der Waals surface area contributed by atoms with Gasteiger partial charge in [-0.1, -0.05) is 23.9 Å². The first kappa shape index (κ1) is 17.9. The minimum atomic E-state index is -0.0825. The average Bonchev–Trinajstić information content (AvgIpc) is 3.30. The van der Waals surface area contributed by atoms with Gasteiger partial charge in [-0.25, -0.2) is 15.0 Å². The second kappa shape index (κ2) is 8.06. The highest BCUT2D eigenvalue weighted by Gasteiger charge is 2.26. The fourth-order valence-electron chi connectivity index (χ4n) is 2.87. The summed E-state index contributed by atoms with van der Waals surface area (Å²) in [5, 5.41) is 4.94. The molecule has 0 bridgehead atoms. The lowest BCUT2D eigenvalue weighted by molar-refractivity contribution is -0.118. The first-order chi connectivity index (χ1) is 13.2. The monoisotopic (exact) mass is 398 g/mol. The Morgan fingerprint density at radius 2 is 2.19 bits per heavy atom. The van der Waals surface area contributed by atoms with Crippen LogP contribution in [-0.2, 0) is 11.2 Å². The topological polar surface area (TPSA) is 77.0 Å². The van der Waals surface area contributed by atoms with Gasteiger partial charge in [0.2, 0.25) is 5.91 Å². The third-order valence-corrected chi connectivity index (χ3v) is 6.23. The maximum absolute atomic E-state index is 12.1. The number of rotatable bonds is 6. The van der Waals surface area contributed by atoms with Crippen LogP contribution in [0.5, 0.6) is 5.75 Å². The zero-order valence-electron chi connectivity index (χ0n) is 14.7. The summed E-state index contributed by atoms with van der Waals surface area (Å²) < 4.78 is 7.01. The van der Waals surface area contributed by atoms with Gasteiger partial charge in [0.1, 0.15) is 11.9 Å². The molecule has 1 aliphatic heterocycles. The molecule has 2 aromatic heterocycles. The third-order valence-electron chi connectivity index (χ3n) is 4.09. The number of aromatic nitrogens is 3. The van der Waals surface area contributed by atoms with E-state index in [0.717, 1.165) is 33.3 Å². The summed E-state index contributed by atoms with van der Waals surface area (Å²) in [6.07, 6.45) is 4.11. The van der Waals surface area contributed by atoms with Gasteiger partial charge in [-0.15, -0.1) is 11.3 Å². The Kier molecular flexibility index (Phi) is 5.35. The largest absolute Gasteiger partial charge is 0.487 e. The molecule has 0 fully saturated rings. The summed E-state index contributed by atoms with van der Waals surface area (Å²) in [6, 6.07) is 7.78. The van der Waals surface area contributed by atoms with Crippen LogP contribution in [0.1, 0.15) is 11.3 Å². The van der Waals surface area contributed by atoms with Crippen LogP contribution in [0.15, 0.2) is 46.4 Å². The number of ether oxygens (including phenoxy) is 1. The maximum Gasteiger partial charge on any atom is 0.230 e. The van der Waals surface area contributed by atoms with Gasteiger partial charge in [-0.05, 0) is 24.6 Å². The molecule has 3 aromatic rings. The first-order valence-corrected chi connectivity index (χ1v) is 10.4. The molecule has 1 atom stereocenters. The number of fused-ring (bicyclic) bond motifs is 1. The number of amides is 1. The van der Waals surface area contributed by atoms with Gasteiger partial charge in [-0.2, -0.15) is 0 Å². The normalized spacial score (nSPS) is 15.2. The molecule has 4 rings (SSSR count). The van der Waals surface area contributed by atoms with Crippen molar-refractivity contribution >= 4 is 29.0 Å². The molecule has 0 saturated carbocycles. The van der Waals surface area contributed by atoms with Crippen LogP contribution in [0, 0.1) is 6.92 Å². The molecular weight excluding hydrogens is 380 g/mol. The van der Waals surface area contributed by atoms with Crippen LogP contribution < -0.4 is 10.1 Å². The van der Waals surface area contributed by atoms with Gasteiger partial charge in [0, 0.05) is 29.9 Å². The summed E-state index contributed by atoms with van der Waals surface area (Å²) in [6.45, 7) is 2.42. The fourth-order valence-corrected chi connectivity index (χ4v) is 4.55. The van der Waals surface area contributed by atoms with Crippen molar-refractivity contribution in [1.29, 1.82) is 0 Å². The number of carbonyl (C=O) groups excluding carboxylic acids is 1. The van der Waals surface area contributed by atoms with E-state index in [1.165, 1.54) is 11.8 Å². The highest BCUT2D eigenvalue weighted by molar-refractivity contribution is 8.01. The molecule has 8 heteroatoms. The van der Waals surface area contributed by atoms with Crippen LogP contribution in [0.3, 0.4) is 0 Å². The molecule has 0 saturated heterocycles. The number of hydrogen-bond acceptors (Lipinski definition) is 7. The van der Waals surface area contributed by atoms with Gasteiger partial charge in [0.25, 0.3) is 0 Å². The number of para-hydroxylation sites is 1. The highest BCUT2D eigenvalue weighted by atomic mass is 32.2. The predicted molar refractivity (Wildman–Crippen MR) is 106 cm³/mol. The van der Waals surface area contributed by atoms with E-state index in [1.54, 1.807) is 29.8 Å². The van der Waals surface area contributed by atoms with E-state index in [2.05, 4.69) is 20.3 Å². The highest BCUT2D eigenvalue weighted by Crippen LogP contribution is 2.37. The Bertz CT molecular complexity index is 946. The van der Waals surface area contributed by atoms with E-state index in [0.29, 0.717) is 18.1 Å². The molecule has 138 valence electrons. The minimum Gasteiger partial charge on any atom is -0.487 e. The molecule has 0 spiro atoms. The fraction of sp³-hybridized carbons (Fsp3) is 0.263. The maximum atomic E-state index is 12.1. The van der Waals surface area contributed by atoms with Gasteiger partial charge in [0.15, 0.2) is 10.2 Å². The molecule has 0 unspecified atom stereocenters. The summed E-state index contributed by atoms with van der Waals surface area (Å²) in [7, 11) is 0. The van der Waals surface area contributed by atoms with Crippen molar-refractivity contribution in [3.63, 3.8) is 0 Å². The van der Waals surface area contributed by atoms with E-state index in [4.69, 9.17) is 4.74 Å². The van der Waals surface area contributed by atoms with Crippen LogP contribution in [-0.4, -0.2) is 39.3 Å². The Balaban J connectivity index is 1.33. The molecule has 0 radical (unpaired) electrons. The van der Waals surface area contributed by atoms with Crippen LogP contribution in [0.4, 0.5) is 0 Å². The zero-order chi connectivity index (χ0) is 18.6. The zero-order valence-corrected chi connectivity index (χ0v) is 16.3. The number of benzene rings is 1. The van der Waals surface area contributed by atoms with Gasteiger partial charge < -0.3 is 10.1 Å². The number of carbonyl (C=O) groups is 1. The summed E-state index contributed by atoms with van der Waals surface area (Å²) in [4.78, 5) is 25.1. The number of thiazole rings is 1. The number of nitrogens with zero attached hydrogens (tertiary/aromatic N) is 3. The van der Waals surface area contributed by atoms with E-state index in [-0.39, 0.29) is 12.0 Å². The standard InChI is InChI=1S/C19H18N4O2S2/c1-12-10-26-19(23-12)27-11-16(24)22-9-14-8-13-4-2-5-15(17(13)25-14)18-20-6-3-7-21-18/h2-7,10,14H,8-9,11H2,1H3,(H,22,24)/t14-/m0/s1. The Labute approximate surface area is 165 Å². The van der Waals surface area contributed by atoms with Crippen molar-refractivity contribution in [2.45, 2.75) is 23.8 Å². The number of thioether (sulfide) groups is 1. The summed E-state index contributed by atoms with van der Waals surface area (Å²) in [5.74, 6) is 1.80. The van der Waals surface area contributed by atoms with Crippen LogP contribution in [0.2, 0.25) is 0 Å². The molecule has 1 aliphatic rings. The lowest BCUT2D eigenvalue weighted by Gasteiger charge is -2.13. The second-order valence-corrected chi connectivity index (χ2v) is 8.24. The second-order valence-electron chi connectivity index (χ2n) is 6.16. The number of hydrogen-bond donors (Lipinski definition) is 1. The molecule has 27 heavy (non-hydrogen) atoms. The predicted octanol–water partition coefficient (Wildman–Crippen LogP) is 3.12. The van der Waals surface area contributed by atoms with Crippen molar-refractivity contribution in [3.05, 3.63) is 53.3 Å². The van der Waals surface area contributed by atoms with Gasteiger partial charge in [0.05, 0.1) is 17.9 Å². The van der Waals surface area contributed by atoms with Crippen molar-refractivity contribution in [2.75, 3.05) is 12.3 Å². The molecule has 6 nitrogen and oxygen atoms in total. The van der Waals surface area contributed by atoms with Crippen molar-refractivity contribution in [2.24, 2.45) is 0 Å². The average molecular weight is 399 g/mol. The lowest BCUT2D eigenvalue weighted by Crippen LogP contribution is -2.35. The van der Waals surface area contributed by atoms with Gasteiger partial charge >= 0.3 is 0 Å². The quantitative estimate of drug-likeness (QED) is 0.643. The molecule has 0 aliphatic carbocycles. The van der Waals surface area contributed by atoms with E-state index < -0.39 is 0 Å². The first-order valence-electron chi connectivity index (χ1n) is 8.56. The summed E-state index contributed by atoms with van der Waals surface area (Å²) in [5.41, 5.74) is 2.99. The number of nitrogens with one attached hydrogen (secondary N) is 1. The Morgan fingerprint density at radius 1 is 1.33 bits per heavy atom. The van der Waals surface area contributed by atoms with Crippen molar-refractivity contribution in [3.8, 4) is 17.1 Å². The molecule has 1 N–H and O–H groups in total. The molecular formula is C19H18N4O2S2. The molecule has 1 aromatic carbocycles. The smallest absolute Gasteiger partial charge is 0.230 e. The van der Waals surface area contributed by atoms with Crippen molar-refractivity contribution in [1.82, 2.24) is 20.3 Å². The number of aryl methyl sites for hydroxylation is 1. The third kappa shape index (κ3) is 4.28. The van der Waals surface area contributed by atoms with E-state index in [1.807, 2.05) is 30.5 Å². The van der Waals surface area contributed by atoms with E-state index >= 15 is 0 Å². The van der Waals surface area contributed by atoms with E-state index in [9.17, 15) is 4.79 Å². The SMILES string of the molecule is Cc1csc(SCC(=O)NC[C@@H]2Cc3cccc(-c4ncccn4)c3O2)n1. The van der Waals surface area contributed by atoms with Crippen LogP contribution >= 0.6 is 23.1 Å². The summed E-state index contributed by atoms with van der Waals surface area (Å²) >= 11 is 3.02. The van der Waals surface area contributed by atoms with Crippen LogP contribution in [0.25, 0.3) is 11.4 Å². The molecule has 1 amide bonds. The Morgan fingerprint density at radius 3 is 2.96 bits per heavy atom. The molecule has 3 heterocycles. The Hall–Kier alpha value is -2.45. The van der Waals surface area contributed by atoms with Crippen molar-refractivity contribution < 1.29 is 9.53 Å². The minimum absolute atomic E-state index is 0.0148.